The highest BCUT2D eigenvalue weighted by molar-refractivity contribution is 7.99. The summed E-state index contributed by atoms with van der Waals surface area (Å²) in [6.07, 6.45) is 48.6. The molecule has 0 aromatic carbocycles. The SMILES string of the molecule is CCCCCCCCCCCCCC[n+]1ccc(SCCCCCCSc2cc[n+](CCCCCCCCCCCCCC)cc2)cc1.[I-].[I-]. The Balaban J connectivity index is 0.0000120. The van der Waals surface area contributed by atoms with Crippen LogP contribution in [0.3, 0.4) is 0 Å². The zero-order valence-corrected chi connectivity index (χ0v) is 38.7. The summed E-state index contributed by atoms with van der Waals surface area (Å²) >= 11 is 4.06. The van der Waals surface area contributed by atoms with Crippen molar-refractivity contribution in [3.05, 3.63) is 49.1 Å². The van der Waals surface area contributed by atoms with Crippen LogP contribution in [0.25, 0.3) is 0 Å². The molecule has 2 rings (SSSR count). The summed E-state index contributed by atoms with van der Waals surface area (Å²) in [5.41, 5.74) is 0. The first-order valence-electron chi connectivity index (χ1n) is 21.1. The molecule has 0 fully saturated rings. The molecule has 2 aromatic rings. The van der Waals surface area contributed by atoms with Crippen molar-refractivity contribution in [2.45, 2.75) is 217 Å². The Kier molecular flexibility index (Phi) is 39.5. The van der Waals surface area contributed by atoms with E-state index in [0.717, 1.165) is 0 Å². The van der Waals surface area contributed by atoms with Gasteiger partial charge in [-0.1, -0.05) is 155 Å². The van der Waals surface area contributed by atoms with Crippen molar-refractivity contribution in [1.29, 1.82) is 0 Å². The molecule has 0 saturated carbocycles. The average Bonchev–Trinajstić information content (AvgIpc) is 3.11. The third kappa shape index (κ3) is 30.9. The predicted molar refractivity (Wildman–Crippen MR) is 215 cm³/mol. The summed E-state index contributed by atoms with van der Waals surface area (Å²) in [6.45, 7) is 6.94. The molecule has 0 saturated heterocycles. The van der Waals surface area contributed by atoms with Crippen molar-refractivity contribution in [2.24, 2.45) is 0 Å². The van der Waals surface area contributed by atoms with Gasteiger partial charge >= 0.3 is 0 Å². The van der Waals surface area contributed by atoms with E-state index < -0.39 is 0 Å². The van der Waals surface area contributed by atoms with Gasteiger partial charge in [0.25, 0.3) is 0 Å². The topological polar surface area (TPSA) is 7.76 Å². The van der Waals surface area contributed by atoms with Gasteiger partial charge in [0.1, 0.15) is 13.1 Å². The van der Waals surface area contributed by atoms with Crippen molar-refractivity contribution in [2.75, 3.05) is 11.5 Å². The highest BCUT2D eigenvalue weighted by Crippen LogP contribution is 2.21. The maximum absolute atomic E-state index is 2.38. The van der Waals surface area contributed by atoms with Crippen LogP contribution in [-0.4, -0.2) is 11.5 Å². The normalized spacial score (nSPS) is 11.0. The number of hydrogen-bond acceptors (Lipinski definition) is 2. The largest absolute Gasteiger partial charge is 1.00 e. The lowest BCUT2D eigenvalue weighted by Crippen LogP contribution is -3.00. The second-order valence-electron chi connectivity index (χ2n) is 14.4. The smallest absolute Gasteiger partial charge is 0.169 e. The Morgan fingerprint density at radius 1 is 0.340 bits per heavy atom. The van der Waals surface area contributed by atoms with Gasteiger partial charge in [-0.25, -0.2) is 9.13 Å². The number of aryl methyl sites for hydroxylation is 2. The van der Waals surface area contributed by atoms with Gasteiger partial charge in [0.2, 0.25) is 0 Å². The third-order valence-electron chi connectivity index (χ3n) is 9.84. The van der Waals surface area contributed by atoms with E-state index in [-0.39, 0.29) is 48.0 Å². The van der Waals surface area contributed by atoms with Crippen molar-refractivity contribution in [1.82, 2.24) is 0 Å². The molecule has 0 N–H and O–H groups in total. The Labute approximate surface area is 354 Å². The van der Waals surface area contributed by atoms with Crippen LogP contribution >= 0.6 is 23.5 Å². The van der Waals surface area contributed by atoms with Crippen molar-refractivity contribution >= 4 is 23.5 Å². The molecule has 0 aliphatic heterocycles. The minimum atomic E-state index is 0. The fraction of sp³-hybridized carbons (Fsp3) is 0.773. The van der Waals surface area contributed by atoms with E-state index in [4.69, 9.17) is 0 Å². The third-order valence-corrected chi connectivity index (χ3v) is 12.0. The van der Waals surface area contributed by atoms with E-state index in [9.17, 15) is 0 Å². The second-order valence-corrected chi connectivity index (χ2v) is 16.8. The Hall–Kier alpha value is 0.460. The van der Waals surface area contributed by atoms with E-state index in [1.54, 1.807) is 0 Å². The molecule has 0 aliphatic rings. The van der Waals surface area contributed by atoms with Crippen LogP contribution in [0.2, 0.25) is 0 Å². The van der Waals surface area contributed by atoms with E-state index in [2.05, 4.69) is 72.0 Å². The molecule has 0 spiro atoms. The van der Waals surface area contributed by atoms with E-state index in [1.165, 1.54) is 214 Å². The number of hydrogen-bond donors (Lipinski definition) is 0. The first-order chi connectivity index (χ1) is 23.8. The lowest BCUT2D eigenvalue weighted by atomic mass is 10.1. The summed E-state index contributed by atoms with van der Waals surface area (Å²) in [5, 5.41) is 0. The maximum Gasteiger partial charge on any atom is 0.169 e. The first-order valence-corrected chi connectivity index (χ1v) is 23.0. The van der Waals surface area contributed by atoms with Gasteiger partial charge in [-0.2, -0.15) is 0 Å². The summed E-state index contributed by atoms with van der Waals surface area (Å²) < 4.78 is 4.76. The zero-order valence-electron chi connectivity index (χ0n) is 32.7. The molecular formula is C44H78I2N2S2. The van der Waals surface area contributed by atoms with Crippen LogP contribution in [-0.2, 0) is 13.1 Å². The number of nitrogens with zero attached hydrogens (tertiary/aromatic N) is 2. The first kappa shape index (κ1) is 50.5. The zero-order chi connectivity index (χ0) is 34.0. The molecule has 50 heavy (non-hydrogen) atoms. The van der Waals surface area contributed by atoms with Crippen molar-refractivity contribution in [3.8, 4) is 0 Å². The van der Waals surface area contributed by atoms with Crippen LogP contribution in [0.5, 0.6) is 0 Å². The minimum Gasteiger partial charge on any atom is -1.00 e. The molecule has 0 radical (unpaired) electrons. The summed E-state index contributed by atoms with van der Waals surface area (Å²) in [6, 6.07) is 9.29. The molecule has 2 aromatic heterocycles. The van der Waals surface area contributed by atoms with Crippen LogP contribution in [0.15, 0.2) is 58.8 Å². The maximum atomic E-state index is 2.38. The monoisotopic (exact) mass is 952 g/mol. The average molecular weight is 953 g/mol. The van der Waals surface area contributed by atoms with Gasteiger partial charge in [0.15, 0.2) is 24.8 Å². The minimum absolute atomic E-state index is 0. The molecular weight excluding hydrogens is 874 g/mol. The second kappa shape index (κ2) is 39.2. The van der Waals surface area contributed by atoms with Crippen molar-refractivity contribution in [3.63, 3.8) is 0 Å². The fourth-order valence-corrected chi connectivity index (χ4v) is 8.38. The summed E-state index contributed by atoms with van der Waals surface area (Å²) in [4.78, 5) is 2.85. The van der Waals surface area contributed by atoms with Gasteiger partial charge in [0, 0.05) is 46.9 Å². The molecule has 0 amide bonds. The molecule has 0 atom stereocenters. The van der Waals surface area contributed by atoms with E-state index in [0.29, 0.717) is 0 Å². The van der Waals surface area contributed by atoms with Gasteiger partial charge in [-0.3, -0.25) is 0 Å². The van der Waals surface area contributed by atoms with Crippen LogP contribution in [0, 0.1) is 0 Å². The Morgan fingerprint density at radius 2 is 0.580 bits per heavy atom. The number of halogens is 2. The Morgan fingerprint density at radius 3 is 0.860 bits per heavy atom. The molecule has 2 heterocycles. The fourth-order valence-electron chi connectivity index (χ4n) is 6.59. The molecule has 0 unspecified atom stereocenters. The lowest BCUT2D eigenvalue weighted by Gasteiger charge is -2.04. The molecule has 0 bridgehead atoms. The summed E-state index contributed by atoms with van der Waals surface area (Å²) in [7, 11) is 0. The number of aromatic nitrogens is 2. The van der Waals surface area contributed by atoms with Crippen LogP contribution in [0.4, 0.5) is 0 Å². The van der Waals surface area contributed by atoms with Gasteiger partial charge in [-0.15, -0.1) is 23.5 Å². The number of thioether (sulfide) groups is 2. The molecule has 2 nitrogen and oxygen atoms in total. The summed E-state index contributed by atoms with van der Waals surface area (Å²) in [5.74, 6) is 2.49. The Bertz CT molecular complexity index is 865. The van der Waals surface area contributed by atoms with Gasteiger partial charge in [-0.05, 0) is 37.2 Å². The molecule has 0 aliphatic carbocycles. The highest BCUT2D eigenvalue weighted by atomic mass is 127. The standard InChI is InChI=1S/C44H78N2S2.2HI/c1-3-5-7-9-11-13-15-17-19-21-23-27-35-45-37-31-43(32-38-45)47-41-29-25-26-30-42-48-44-33-39-46(40-34-44)36-28-24-22-20-18-16-14-12-10-8-6-4-2;;/h31-34,37-40H,3-30,35-36,41-42H2,1-2H3;2*1H/q+2;;/p-2. The quantitative estimate of drug-likeness (QED) is 0.0299. The van der Waals surface area contributed by atoms with Gasteiger partial charge < -0.3 is 48.0 Å². The molecule has 290 valence electrons. The number of rotatable bonds is 35. The van der Waals surface area contributed by atoms with E-state index >= 15 is 0 Å². The number of unbranched alkanes of at least 4 members (excludes halogenated alkanes) is 25. The van der Waals surface area contributed by atoms with Crippen molar-refractivity contribution < 1.29 is 57.1 Å². The highest BCUT2D eigenvalue weighted by Gasteiger charge is 2.04. The lowest BCUT2D eigenvalue weighted by molar-refractivity contribution is -0.697. The van der Waals surface area contributed by atoms with Gasteiger partial charge in [0.05, 0.1) is 0 Å². The van der Waals surface area contributed by atoms with Crippen LogP contribution < -0.4 is 57.1 Å². The molecule has 6 heteroatoms. The number of pyridine rings is 2. The predicted octanol–water partition coefficient (Wildman–Crippen LogP) is 8.12. The van der Waals surface area contributed by atoms with Crippen LogP contribution in [0.1, 0.15) is 194 Å². The van der Waals surface area contributed by atoms with E-state index in [1.807, 2.05) is 23.5 Å².